The Labute approximate surface area is 92.7 Å². The normalized spacial score (nSPS) is 10.8. The van der Waals surface area contributed by atoms with Gasteiger partial charge >= 0.3 is 0 Å². The number of anilines is 1. The lowest BCUT2D eigenvalue weighted by molar-refractivity contribution is 1.77. The van der Waals surface area contributed by atoms with Crippen LogP contribution in [-0.4, -0.2) is 0 Å². The second-order valence-corrected chi connectivity index (χ2v) is 5.16. The standard InChI is InChI=1S/C8H5ClINS/c9-4-1-6(10)5-3-8(11)12-7(5)2-4/h1-3H,11H2. The molecule has 4 heteroatoms. The number of nitrogen functional groups attached to an aromatic ring is 1. The monoisotopic (exact) mass is 309 g/mol. The summed E-state index contributed by atoms with van der Waals surface area (Å²) in [5.74, 6) is 0. The fourth-order valence-corrected chi connectivity index (χ4v) is 3.41. The van der Waals surface area contributed by atoms with Gasteiger partial charge in [0.1, 0.15) is 0 Å². The molecule has 0 aliphatic carbocycles. The van der Waals surface area contributed by atoms with Gasteiger partial charge in [-0.1, -0.05) is 11.6 Å². The molecule has 1 aromatic heterocycles. The summed E-state index contributed by atoms with van der Waals surface area (Å²) in [6.07, 6.45) is 0. The lowest BCUT2D eigenvalue weighted by atomic mass is 10.3. The zero-order valence-electron chi connectivity index (χ0n) is 5.97. The van der Waals surface area contributed by atoms with E-state index in [4.69, 9.17) is 17.3 Å². The Morgan fingerprint density at radius 3 is 2.83 bits per heavy atom. The molecule has 0 radical (unpaired) electrons. The smallest absolute Gasteiger partial charge is 0.0869 e. The van der Waals surface area contributed by atoms with Crippen LogP contribution in [0.3, 0.4) is 0 Å². The minimum absolute atomic E-state index is 0.772. The maximum Gasteiger partial charge on any atom is 0.0869 e. The van der Waals surface area contributed by atoms with Gasteiger partial charge in [0.2, 0.25) is 0 Å². The van der Waals surface area contributed by atoms with Crippen LogP contribution in [0.15, 0.2) is 18.2 Å². The molecule has 0 aliphatic heterocycles. The van der Waals surface area contributed by atoms with Gasteiger partial charge in [0, 0.05) is 18.7 Å². The van der Waals surface area contributed by atoms with Crippen molar-refractivity contribution in [2.75, 3.05) is 5.73 Å². The van der Waals surface area contributed by atoms with E-state index in [1.807, 2.05) is 18.2 Å². The van der Waals surface area contributed by atoms with Crippen molar-refractivity contribution in [1.82, 2.24) is 0 Å². The van der Waals surface area contributed by atoms with Crippen LogP contribution in [0.1, 0.15) is 0 Å². The predicted molar refractivity (Wildman–Crippen MR) is 64.0 cm³/mol. The van der Waals surface area contributed by atoms with E-state index in [0.29, 0.717) is 0 Å². The predicted octanol–water partition coefficient (Wildman–Crippen LogP) is 3.74. The Morgan fingerprint density at radius 1 is 1.33 bits per heavy atom. The number of hydrogen-bond acceptors (Lipinski definition) is 2. The molecule has 0 aliphatic rings. The van der Waals surface area contributed by atoms with Crippen molar-refractivity contribution in [2.45, 2.75) is 0 Å². The highest BCUT2D eigenvalue weighted by Gasteiger charge is 2.03. The first-order valence-electron chi connectivity index (χ1n) is 3.31. The highest BCUT2D eigenvalue weighted by molar-refractivity contribution is 14.1. The van der Waals surface area contributed by atoms with E-state index in [1.54, 1.807) is 11.3 Å². The molecule has 62 valence electrons. The first-order chi connectivity index (χ1) is 5.66. The first-order valence-corrected chi connectivity index (χ1v) is 5.58. The van der Waals surface area contributed by atoms with Gasteiger partial charge in [-0.15, -0.1) is 11.3 Å². The van der Waals surface area contributed by atoms with E-state index in [2.05, 4.69) is 22.6 Å². The second kappa shape index (κ2) is 3.05. The van der Waals surface area contributed by atoms with Gasteiger partial charge in [-0.2, -0.15) is 0 Å². The van der Waals surface area contributed by atoms with Crippen LogP contribution in [0.25, 0.3) is 10.1 Å². The molecule has 0 spiro atoms. The fourth-order valence-electron chi connectivity index (χ4n) is 1.08. The molecule has 1 nitrogen and oxygen atoms in total. The third-order valence-electron chi connectivity index (χ3n) is 1.57. The van der Waals surface area contributed by atoms with Gasteiger partial charge in [-0.3, -0.25) is 0 Å². The summed E-state index contributed by atoms with van der Waals surface area (Å²) in [4.78, 5) is 0. The summed E-state index contributed by atoms with van der Waals surface area (Å²) >= 11 is 9.73. The van der Waals surface area contributed by atoms with Crippen molar-refractivity contribution in [1.29, 1.82) is 0 Å². The van der Waals surface area contributed by atoms with Crippen LogP contribution < -0.4 is 5.73 Å². The third-order valence-corrected chi connectivity index (χ3v) is 3.59. The summed E-state index contributed by atoms with van der Waals surface area (Å²) in [5.41, 5.74) is 5.68. The molecule has 0 atom stereocenters. The summed E-state index contributed by atoms with van der Waals surface area (Å²) in [7, 11) is 0. The zero-order valence-corrected chi connectivity index (χ0v) is 9.70. The zero-order chi connectivity index (χ0) is 8.72. The summed E-state index contributed by atoms with van der Waals surface area (Å²) in [6, 6.07) is 5.87. The lowest BCUT2D eigenvalue weighted by Crippen LogP contribution is -1.74. The molecular formula is C8H5ClINS. The Kier molecular flexibility index (Phi) is 2.18. The highest BCUT2D eigenvalue weighted by Crippen LogP contribution is 2.33. The number of nitrogens with two attached hydrogens (primary N) is 1. The molecule has 12 heavy (non-hydrogen) atoms. The molecule has 0 bridgehead atoms. The molecule has 0 saturated heterocycles. The number of rotatable bonds is 0. The fraction of sp³-hybridized carbons (Fsp3) is 0. The molecule has 0 fully saturated rings. The Hall–Kier alpha value is -0.000000000000000139. The SMILES string of the molecule is Nc1cc2c(I)cc(Cl)cc2s1. The van der Waals surface area contributed by atoms with Crippen LogP contribution in [0.4, 0.5) is 5.00 Å². The van der Waals surface area contributed by atoms with E-state index in [9.17, 15) is 0 Å². The van der Waals surface area contributed by atoms with E-state index in [0.717, 1.165) is 18.3 Å². The van der Waals surface area contributed by atoms with Crippen molar-refractivity contribution in [3.8, 4) is 0 Å². The minimum atomic E-state index is 0.772. The lowest BCUT2D eigenvalue weighted by Gasteiger charge is -1.94. The largest absolute Gasteiger partial charge is 0.391 e. The molecule has 0 saturated carbocycles. The Morgan fingerprint density at radius 2 is 2.08 bits per heavy atom. The van der Waals surface area contributed by atoms with Crippen LogP contribution in [0, 0.1) is 3.57 Å². The second-order valence-electron chi connectivity index (χ2n) is 2.45. The minimum Gasteiger partial charge on any atom is -0.391 e. The van der Waals surface area contributed by atoms with Crippen molar-refractivity contribution >= 4 is 60.6 Å². The van der Waals surface area contributed by atoms with Gasteiger partial charge in [0.25, 0.3) is 0 Å². The van der Waals surface area contributed by atoms with E-state index in [1.165, 1.54) is 5.39 Å². The number of fused-ring (bicyclic) bond motifs is 1. The third kappa shape index (κ3) is 1.41. The first kappa shape index (κ1) is 8.59. The van der Waals surface area contributed by atoms with Crippen LogP contribution in [0.5, 0.6) is 0 Å². The van der Waals surface area contributed by atoms with Gasteiger partial charge < -0.3 is 5.73 Å². The molecule has 0 amide bonds. The quantitative estimate of drug-likeness (QED) is 0.737. The van der Waals surface area contributed by atoms with E-state index in [-0.39, 0.29) is 0 Å². The summed E-state index contributed by atoms with van der Waals surface area (Å²) in [5, 5.41) is 2.81. The Bertz CT molecular complexity index is 438. The maximum atomic E-state index is 5.89. The van der Waals surface area contributed by atoms with Crippen molar-refractivity contribution < 1.29 is 0 Å². The summed E-state index contributed by atoms with van der Waals surface area (Å²) in [6.45, 7) is 0. The Balaban J connectivity index is 2.88. The molecule has 1 heterocycles. The number of benzene rings is 1. The topological polar surface area (TPSA) is 26.0 Å². The van der Waals surface area contributed by atoms with Gasteiger partial charge in [-0.05, 0) is 40.8 Å². The van der Waals surface area contributed by atoms with Crippen molar-refractivity contribution in [3.63, 3.8) is 0 Å². The summed E-state index contributed by atoms with van der Waals surface area (Å²) < 4.78 is 2.31. The van der Waals surface area contributed by atoms with Crippen molar-refractivity contribution in [2.24, 2.45) is 0 Å². The maximum absolute atomic E-state index is 5.89. The van der Waals surface area contributed by atoms with Gasteiger partial charge in [0.15, 0.2) is 0 Å². The van der Waals surface area contributed by atoms with Crippen molar-refractivity contribution in [3.05, 3.63) is 26.8 Å². The molecule has 1 aromatic carbocycles. The number of hydrogen-bond donors (Lipinski definition) is 1. The molecule has 2 aromatic rings. The van der Waals surface area contributed by atoms with Crippen LogP contribution in [0.2, 0.25) is 5.02 Å². The molecule has 2 rings (SSSR count). The van der Waals surface area contributed by atoms with Crippen LogP contribution >= 0.6 is 45.5 Å². The van der Waals surface area contributed by atoms with Gasteiger partial charge in [-0.25, -0.2) is 0 Å². The molecular weight excluding hydrogens is 305 g/mol. The van der Waals surface area contributed by atoms with E-state index < -0.39 is 0 Å². The van der Waals surface area contributed by atoms with Crippen LogP contribution in [-0.2, 0) is 0 Å². The molecule has 2 N–H and O–H groups in total. The average Bonchev–Trinajstić information content (AvgIpc) is 2.29. The van der Waals surface area contributed by atoms with E-state index >= 15 is 0 Å². The number of halogens is 2. The number of thiophene rings is 1. The average molecular weight is 310 g/mol. The highest BCUT2D eigenvalue weighted by atomic mass is 127. The van der Waals surface area contributed by atoms with Gasteiger partial charge in [0.05, 0.1) is 5.00 Å². The molecule has 0 unspecified atom stereocenters.